The van der Waals surface area contributed by atoms with Crippen molar-refractivity contribution in [2.75, 3.05) is 0 Å². The zero-order valence-electron chi connectivity index (χ0n) is 12.4. The summed E-state index contributed by atoms with van der Waals surface area (Å²) in [6.45, 7) is 0. The monoisotopic (exact) mass is 424 g/mol. The SMILES string of the molecule is O=c1oc(-c2c(F)cccc2Cl)nn1-c1ccc(SC(F)(F)F)cc1Cl. The number of hydrogen-bond acceptors (Lipinski definition) is 4. The quantitative estimate of drug-likeness (QED) is 0.408. The minimum atomic E-state index is -4.48. The lowest BCUT2D eigenvalue weighted by Crippen LogP contribution is -2.13. The Morgan fingerprint density at radius 1 is 1.12 bits per heavy atom. The summed E-state index contributed by atoms with van der Waals surface area (Å²) in [4.78, 5) is 11.9. The molecule has 0 saturated carbocycles. The molecule has 1 heterocycles. The smallest absolute Gasteiger partial charge is 0.387 e. The second-order valence-corrected chi connectivity index (χ2v) is 6.80. The molecule has 2 aromatic carbocycles. The molecule has 11 heteroatoms. The normalized spacial score (nSPS) is 11.8. The predicted octanol–water partition coefficient (Wildman–Crippen LogP) is 5.55. The van der Waals surface area contributed by atoms with Crippen LogP contribution in [-0.4, -0.2) is 15.3 Å². The summed E-state index contributed by atoms with van der Waals surface area (Å²) in [6, 6.07) is 7.19. The third kappa shape index (κ3) is 3.89. The van der Waals surface area contributed by atoms with Crippen LogP contribution in [0.3, 0.4) is 0 Å². The summed E-state index contributed by atoms with van der Waals surface area (Å²) in [5, 5.41) is 3.64. The lowest BCUT2D eigenvalue weighted by molar-refractivity contribution is -0.0328. The van der Waals surface area contributed by atoms with Crippen molar-refractivity contribution in [2.45, 2.75) is 10.4 Å². The van der Waals surface area contributed by atoms with Crippen LogP contribution in [-0.2, 0) is 0 Å². The summed E-state index contributed by atoms with van der Waals surface area (Å²) in [7, 11) is 0. The molecule has 3 aromatic rings. The van der Waals surface area contributed by atoms with Crippen LogP contribution in [0, 0.1) is 5.82 Å². The van der Waals surface area contributed by atoms with E-state index in [-0.39, 0.29) is 43.8 Å². The average Bonchev–Trinajstić information content (AvgIpc) is 2.87. The van der Waals surface area contributed by atoms with Crippen LogP contribution in [0.2, 0.25) is 10.0 Å². The highest BCUT2D eigenvalue weighted by Gasteiger charge is 2.29. The van der Waals surface area contributed by atoms with Gasteiger partial charge in [-0.25, -0.2) is 9.18 Å². The van der Waals surface area contributed by atoms with E-state index in [9.17, 15) is 22.4 Å². The van der Waals surface area contributed by atoms with Gasteiger partial charge in [-0.1, -0.05) is 29.3 Å². The molecule has 26 heavy (non-hydrogen) atoms. The first kappa shape index (κ1) is 18.8. The average molecular weight is 425 g/mol. The molecule has 0 fully saturated rings. The van der Waals surface area contributed by atoms with E-state index in [0.717, 1.165) is 18.2 Å². The Morgan fingerprint density at radius 3 is 2.46 bits per heavy atom. The molecule has 136 valence electrons. The van der Waals surface area contributed by atoms with Gasteiger partial charge in [-0.3, -0.25) is 0 Å². The first-order valence-corrected chi connectivity index (χ1v) is 8.33. The highest BCUT2D eigenvalue weighted by atomic mass is 35.5. The van der Waals surface area contributed by atoms with Gasteiger partial charge in [-0.15, -0.1) is 5.10 Å². The maximum atomic E-state index is 13.9. The summed E-state index contributed by atoms with van der Waals surface area (Å²) >= 11 is 11.5. The van der Waals surface area contributed by atoms with E-state index in [2.05, 4.69) is 5.10 Å². The van der Waals surface area contributed by atoms with Crippen molar-refractivity contribution in [3.05, 3.63) is 62.8 Å². The fraction of sp³-hybridized carbons (Fsp3) is 0.0667. The topological polar surface area (TPSA) is 48.0 Å². The van der Waals surface area contributed by atoms with Gasteiger partial charge in [0.2, 0.25) is 0 Å². The summed E-state index contributed by atoms with van der Waals surface area (Å²) in [5.41, 5.74) is -4.72. The molecule has 0 N–H and O–H groups in total. The first-order chi connectivity index (χ1) is 12.2. The molecule has 0 radical (unpaired) electrons. The van der Waals surface area contributed by atoms with E-state index in [1.165, 1.54) is 18.2 Å². The molecule has 0 spiro atoms. The zero-order valence-corrected chi connectivity index (χ0v) is 14.7. The van der Waals surface area contributed by atoms with Gasteiger partial charge in [0.1, 0.15) is 5.82 Å². The summed E-state index contributed by atoms with van der Waals surface area (Å²) < 4.78 is 56.8. The van der Waals surface area contributed by atoms with E-state index in [1.807, 2.05) is 0 Å². The molecule has 4 nitrogen and oxygen atoms in total. The molecule has 3 rings (SSSR count). The molecule has 0 aliphatic rings. The minimum Gasteiger partial charge on any atom is -0.387 e. The van der Waals surface area contributed by atoms with E-state index < -0.39 is 17.1 Å². The highest BCUT2D eigenvalue weighted by Crippen LogP contribution is 2.38. The molecular formula is C15H6Cl2F4N2O2S. The molecule has 0 aliphatic heterocycles. The van der Waals surface area contributed by atoms with Crippen molar-refractivity contribution in [3.8, 4) is 17.1 Å². The second kappa shape index (κ2) is 6.98. The van der Waals surface area contributed by atoms with Gasteiger partial charge >= 0.3 is 11.3 Å². The second-order valence-electron chi connectivity index (χ2n) is 4.84. The lowest BCUT2D eigenvalue weighted by Gasteiger charge is -2.07. The van der Waals surface area contributed by atoms with Gasteiger partial charge in [-0.05, 0) is 42.1 Å². The fourth-order valence-corrected chi connectivity index (χ4v) is 3.24. The lowest BCUT2D eigenvalue weighted by atomic mass is 10.2. The van der Waals surface area contributed by atoms with E-state index in [0.29, 0.717) is 4.68 Å². The van der Waals surface area contributed by atoms with Gasteiger partial charge in [-0.2, -0.15) is 17.9 Å². The van der Waals surface area contributed by atoms with E-state index in [1.54, 1.807) is 0 Å². The number of thioether (sulfide) groups is 1. The van der Waals surface area contributed by atoms with Crippen LogP contribution in [0.5, 0.6) is 0 Å². The first-order valence-electron chi connectivity index (χ1n) is 6.76. The molecule has 0 bridgehead atoms. The van der Waals surface area contributed by atoms with Crippen LogP contribution in [0.25, 0.3) is 17.1 Å². The molecular weight excluding hydrogens is 419 g/mol. The Hall–Kier alpha value is -1.97. The Kier molecular flexibility index (Phi) is 5.05. The number of alkyl halides is 3. The zero-order chi connectivity index (χ0) is 19.1. The van der Waals surface area contributed by atoms with Gasteiger partial charge in [0.15, 0.2) is 0 Å². The largest absolute Gasteiger partial charge is 0.446 e. The van der Waals surface area contributed by atoms with Crippen LogP contribution in [0.4, 0.5) is 17.6 Å². The standard InChI is InChI=1S/C15H6Cl2F4N2O2S/c16-8-2-1-3-10(18)12(8)13-22-23(14(24)25-13)11-5-4-7(6-9(11)17)26-15(19,20)21/h1-6H. The minimum absolute atomic E-state index is 0.0225. The van der Waals surface area contributed by atoms with Gasteiger partial charge < -0.3 is 4.42 Å². The molecule has 0 saturated heterocycles. The van der Waals surface area contributed by atoms with Crippen LogP contribution in [0.1, 0.15) is 0 Å². The Morgan fingerprint density at radius 2 is 1.85 bits per heavy atom. The third-order valence-corrected chi connectivity index (χ3v) is 4.44. The number of aromatic nitrogens is 2. The fourth-order valence-electron chi connectivity index (χ4n) is 2.09. The van der Waals surface area contributed by atoms with Crippen LogP contribution < -0.4 is 5.76 Å². The van der Waals surface area contributed by atoms with Crippen molar-refractivity contribution in [3.63, 3.8) is 0 Å². The van der Waals surface area contributed by atoms with Crippen molar-refractivity contribution >= 4 is 35.0 Å². The van der Waals surface area contributed by atoms with Crippen molar-refractivity contribution in [1.29, 1.82) is 0 Å². The Balaban J connectivity index is 2.04. The summed E-state index contributed by atoms with van der Waals surface area (Å²) in [6.07, 6.45) is 0. The van der Waals surface area contributed by atoms with Crippen LogP contribution in [0.15, 0.2) is 50.5 Å². The van der Waals surface area contributed by atoms with Crippen molar-refractivity contribution in [1.82, 2.24) is 9.78 Å². The predicted molar refractivity (Wildman–Crippen MR) is 89.4 cm³/mol. The van der Waals surface area contributed by atoms with E-state index in [4.69, 9.17) is 27.6 Å². The highest BCUT2D eigenvalue weighted by molar-refractivity contribution is 8.00. The van der Waals surface area contributed by atoms with Gasteiger partial charge in [0.25, 0.3) is 5.89 Å². The maximum Gasteiger partial charge on any atom is 0.446 e. The van der Waals surface area contributed by atoms with Crippen molar-refractivity contribution in [2.24, 2.45) is 0 Å². The van der Waals surface area contributed by atoms with E-state index >= 15 is 0 Å². The third-order valence-electron chi connectivity index (χ3n) is 3.11. The molecule has 0 aliphatic carbocycles. The van der Waals surface area contributed by atoms with Gasteiger partial charge in [0, 0.05) is 4.90 Å². The number of benzene rings is 2. The maximum absolute atomic E-state index is 13.9. The molecule has 1 aromatic heterocycles. The number of nitrogens with zero attached hydrogens (tertiary/aromatic N) is 2. The number of rotatable bonds is 3. The molecule has 0 amide bonds. The summed E-state index contributed by atoms with van der Waals surface area (Å²) in [5.74, 6) is -2.14. The van der Waals surface area contributed by atoms with Crippen molar-refractivity contribution < 1.29 is 22.0 Å². The Bertz CT molecular complexity index is 1010. The van der Waals surface area contributed by atoms with Crippen LogP contribution >= 0.6 is 35.0 Å². The Labute approximate surface area is 157 Å². The molecule has 0 atom stereocenters. The number of hydrogen-bond donors (Lipinski definition) is 0. The number of halogens is 6. The van der Waals surface area contributed by atoms with Gasteiger partial charge in [0.05, 0.1) is 21.3 Å². The molecule has 0 unspecified atom stereocenters.